The summed E-state index contributed by atoms with van der Waals surface area (Å²) in [5.41, 5.74) is 6.52. The van der Waals surface area contributed by atoms with Crippen LogP contribution in [0.15, 0.2) is 41.3 Å². The molecule has 0 spiro atoms. The number of benzene rings is 2. The van der Waals surface area contributed by atoms with Gasteiger partial charge in [0, 0.05) is 30.6 Å². The Hall–Kier alpha value is -1.79. The molecule has 2 aromatic carbocycles. The molecule has 5 atom stereocenters. The van der Waals surface area contributed by atoms with Gasteiger partial charge in [0.05, 0.1) is 11.5 Å². The van der Waals surface area contributed by atoms with Crippen molar-refractivity contribution in [2.24, 2.45) is 5.73 Å². The van der Waals surface area contributed by atoms with Crippen molar-refractivity contribution in [1.29, 1.82) is 0 Å². The summed E-state index contributed by atoms with van der Waals surface area (Å²) in [6.07, 6.45) is -5.00. The van der Waals surface area contributed by atoms with Crippen molar-refractivity contribution < 1.29 is 33.6 Å². The Morgan fingerprint density at radius 3 is 2.32 bits per heavy atom. The van der Waals surface area contributed by atoms with E-state index < -0.39 is 45.9 Å². The second-order valence-electron chi connectivity index (χ2n) is 7.00. The quantitative estimate of drug-likeness (QED) is 0.415. The molecule has 0 bridgehead atoms. The average molecular weight is 412 g/mol. The molecule has 1 aliphatic heterocycles. The molecule has 2 aromatic rings. The topological polar surface area (TPSA) is 154 Å². The molecule has 1 aliphatic rings. The summed E-state index contributed by atoms with van der Waals surface area (Å²) >= 11 is 0. The van der Waals surface area contributed by atoms with E-state index in [1.54, 1.807) is 18.2 Å². The van der Waals surface area contributed by atoms with Gasteiger partial charge in [0.2, 0.25) is 9.84 Å². The molecule has 0 saturated carbocycles. The summed E-state index contributed by atoms with van der Waals surface area (Å²) in [7, 11) is -1.05. The fourth-order valence-electron chi connectivity index (χ4n) is 3.45. The molecule has 6 N–H and O–H groups in total. The number of anilines is 1. The fraction of sp³-hybridized carbons (Fsp3) is 0.444. The maximum atomic E-state index is 13.4. The Morgan fingerprint density at radius 1 is 1.11 bits per heavy atom. The van der Waals surface area contributed by atoms with E-state index in [0.29, 0.717) is 10.8 Å². The number of aliphatic hydroxyl groups is 4. The number of nitrogens with two attached hydrogens (primary N) is 1. The summed E-state index contributed by atoms with van der Waals surface area (Å²) in [6.45, 7) is -0.816. The highest BCUT2D eigenvalue weighted by Crippen LogP contribution is 2.39. The minimum absolute atomic E-state index is 0.244. The Labute approximate surface area is 162 Å². The summed E-state index contributed by atoms with van der Waals surface area (Å²) in [4.78, 5) is 1.57. The van der Waals surface area contributed by atoms with E-state index in [9.17, 15) is 28.8 Å². The number of rotatable bonds is 4. The van der Waals surface area contributed by atoms with E-state index in [0.717, 1.165) is 5.69 Å². The molecule has 0 aliphatic carbocycles. The van der Waals surface area contributed by atoms with Gasteiger partial charge in [-0.15, -0.1) is 0 Å². The Morgan fingerprint density at radius 2 is 1.71 bits per heavy atom. The number of aliphatic hydroxyl groups excluding tert-OH is 3. The van der Waals surface area contributed by atoms with Gasteiger partial charge in [-0.2, -0.15) is 0 Å². The van der Waals surface area contributed by atoms with Gasteiger partial charge < -0.3 is 35.8 Å². The summed E-state index contributed by atoms with van der Waals surface area (Å²) in [5, 5.41) is 38.2. The molecule has 1 saturated heterocycles. The van der Waals surface area contributed by atoms with Gasteiger partial charge in [-0.1, -0.05) is 24.3 Å². The molecule has 9 nitrogen and oxygen atoms in total. The normalized spacial score (nSPS) is 31.1. The number of nitrogens with zero attached hydrogens (tertiary/aromatic N) is 1. The lowest BCUT2D eigenvalue weighted by atomic mass is 9.98. The van der Waals surface area contributed by atoms with Crippen LogP contribution in [0.25, 0.3) is 10.8 Å². The van der Waals surface area contributed by atoms with Gasteiger partial charge in [-0.25, -0.2) is 8.42 Å². The first kappa shape index (κ1) is 20.9. The Balaban J connectivity index is 2.22. The molecule has 0 aromatic heterocycles. The first-order valence-corrected chi connectivity index (χ1v) is 10.1. The van der Waals surface area contributed by atoms with Crippen LogP contribution in [0.2, 0.25) is 0 Å². The number of hydrogen-bond donors (Lipinski definition) is 5. The van der Waals surface area contributed by atoms with Crippen LogP contribution >= 0.6 is 0 Å². The van der Waals surface area contributed by atoms with Crippen molar-refractivity contribution in [1.82, 2.24) is 0 Å². The smallest absolute Gasteiger partial charge is 0.294 e. The first-order valence-electron chi connectivity index (χ1n) is 8.62. The van der Waals surface area contributed by atoms with Crippen LogP contribution < -0.4 is 10.6 Å². The standard InChI is InChI=1S/C18H24N2O7S/c1-20(2)12-7-3-6-11-10(12)5-4-8-14(11)28(25,26)18(24)17(19)16(23)15(22)13(9-21)27-18/h3-8,13,15-17,21-24H,9,19H2,1-2H3/t13-,15-,16+,17+,18?/m1/s1. The molecule has 154 valence electrons. The highest BCUT2D eigenvalue weighted by atomic mass is 32.2. The van der Waals surface area contributed by atoms with Crippen molar-refractivity contribution in [3.05, 3.63) is 36.4 Å². The van der Waals surface area contributed by atoms with Crippen LogP contribution in [0.4, 0.5) is 5.69 Å². The van der Waals surface area contributed by atoms with E-state index in [1.165, 1.54) is 12.1 Å². The lowest BCUT2D eigenvalue weighted by Crippen LogP contribution is -2.70. The Bertz CT molecular complexity index is 979. The second-order valence-corrected chi connectivity index (χ2v) is 9.03. The molecular formula is C18H24N2O7S. The zero-order valence-corrected chi connectivity index (χ0v) is 16.2. The number of fused-ring (bicyclic) bond motifs is 1. The van der Waals surface area contributed by atoms with Crippen LogP contribution in [0, 0.1) is 0 Å². The van der Waals surface area contributed by atoms with E-state index in [-0.39, 0.29) is 4.90 Å². The molecular weight excluding hydrogens is 388 g/mol. The highest BCUT2D eigenvalue weighted by Gasteiger charge is 2.60. The maximum Gasteiger partial charge on any atom is 0.294 e. The number of sulfone groups is 1. The van der Waals surface area contributed by atoms with E-state index in [1.807, 2.05) is 25.1 Å². The van der Waals surface area contributed by atoms with Crippen LogP contribution in [-0.2, 0) is 14.6 Å². The van der Waals surface area contributed by atoms with Gasteiger partial charge in [0.1, 0.15) is 24.4 Å². The van der Waals surface area contributed by atoms with Gasteiger partial charge in [0.25, 0.3) is 5.12 Å². The zero-order valence-electron chi connectivity index (χ0n) is 15.4. The van der Waals surface area contributed by atoms with Crippen LogP contribution in [0.1, 0.15) is 0 Å². The average Bonchev–Trinajstić information content (AvgIpc) is 2.67. The second kappa shape index (κ2) is 7.23. The van der Waals surface area contributed by atoms with Crippen LogP contribution in [-0.4, -0.2) is 79.0 Å². The molecule has 28 heavy (non-hydrogen) atoms. The molecule has 1 fully saturated rings. The fourth-order valence-corrected chi connectivity index (χ4v) is 5.24. The predicted octanol–water partition coefficient (Wildman–Crippen LogP) is -1.23. The largest absolute Gasteiger partial charge is 0.394 e. The summed E-state index contributed by atoms with van der Waals surface area (Å²) < 4.78 is 31.9. The van der Waals surface area contributed by atoms with Gasteiger partial charge >= 0.3 is 0 Å². The monoisotopic (exact) mass is 412 g/mol. The molecule has 0 amide bonds. The van der Waals surface area contributed by atoms with Crippen molar-refractivity contribution in [2.45, 2.75) is 34.4 Å². The number of ether oxygens (including phenoxy) is 1. The third kappa shape index (κ3) is 2.98. The lowest BCUT2D eigenvalue weighted by molar-refractivity contribution is -0.272. The summed E-state index contributed by atoms with van der Waals surface area (Å²) in [5.74, 6) is 0. The van der Waals surface area contributed by atoms with Crippen molar-refractivity contribution in [3.8, 4) is 0 Å². The highest BCUT2D eigenvalue weighted by molar-refractivity contribution is 7.92. The van der Waals surface area contributed by atoms with Crippen LogP contribution in [0.3, 0.4) is 0 Å². The van der Waals surface area contributed by atoms with Crippen molar-refractivity contribution >= 4 is 26.3 Å². The molecule has 1 unspecified atom stereocenters. The maximum absolute atomic E-state index is 13.4. The first-order chi connectivity index (χ1) is 13.1. The van der Waals surface area contributed by atoms with Gasteiger partial charge in [-0.05, 0) is 12.1 Å². The third-order valence-corrected chi connectivity index (χ3v) is 7.11. The molecule has 1 heterocycles. The van der Waals surface area contributed by atoms with Crippen LogP contribution in [0.5, 0.6) is 0 Å². The zero-order chi connectivity index (χ0) is 20.9. The predicted molar refractivity (Wildman–Crippen MR) is 102 cm³/mol. The number of hydrogen-bond acceptors (Lipinski definition) is 9. The van der Waals surface area contributed by atoms with E-state index in [4.69, 9.17) is 10.5 Å². The lowest BCUT2D eigenvalue weighted by Gasteiger charge is -2.45. The van der Waals surface area contributed by atoms with Gasteiger partial charge in [-0.3, -0.25) is 0 Å². The minimum atomic E-state index is -4.67. The SMILES string of the molecule is CN(C)c1cccc2c(S(=O)(=O)C3(O)O[C@H](CO)[C@@H](O)[C@H](O)[C@@H]3N)cccc12. The molecule has 0 radical (unpaired) electrons. The molecule has 10 heteroatoms. The minimum Gasteiger partial charge on any atom is -0.394 e. The summed E-state index contributed by atoms with van der Waals surface area (Å²) in [6, 6.07) is 7.79. The van der Waals surface area contributed by atoms with Gasteiger partial charge in [0.15, 0.2) is 0 Å². The van der Waals surface area contributed by atoms with Crippen molar-refractivity contribution in [2.75, 3.05) is 25.6 Å². The Kier molecular flexibility index (Phi) is 5.40. The van der Waals surface area contributed by atoms with Crippen molar-refractivity contribution in [3.63, 3.8) is 0 Å². The molecule has 3 rings (SSSR count). The van der Waals surface area contributed by atoms with E-state index >= 15 is 0 Å². The van der Waals surface area contributed by atoms with E-state index in [2.05, 4.69) is 0 Å². The third-order valence-electron chi connectivity index (χ3n) is 5.04.